The molecule has 0 aliphatic carbocycles. The van der Waals surface area contributed by atoms with Crippen LogP contribution >= 0.6 is 15.9 Å². The van der Waals surface area contributed by atoms with Crippen molar-refractivity contribution >= 4 is 27.5 Å². The van der Waals surface area contributed by atoms with Gasteiger partial charge in [0.2, 0.25) is 0 Å². The lowest BCUT2D eigenvalue weighted by molar-refractivity contribution is 0.0953. The minimum atomic E-state index is -0.0169. The first-order chi connectivity index (χ1) is 12.6. The molecule has 2 aromatic rings. The Labute approximate surface area is 164 Å². The highest BCUT2D eigenvalue weighted by Crippen LogP contribution is 2.17. The molecule has 3 rings (SSSR count). The standard InChI is InChI=1S/C21H26BrN3O/c1-24-12-14-25(15-13-24)20-9-7-17(8-10-20)4-3-11-23-21(26)18-5-2-6-19(22)16-18/h2,5-10,16H,3-4,11-15H2,1H3,(H,23,26). The van der Waals surface area contributed by atoms with Crippen molar-refractivity contribution in [3.63, 3.8) is 0 Å². The number of aryl methyl sites for hydroxylation is 1. The van der Waals surface area contributed by atoms with E-state index in [1.165, 1.54) is 11.3 Å². The zero-order valence-corrected chi connectivity index (χ0v) is 16.8. The summed E-state index contributed by atoms with van der Waals surface area (Å²) in [6, 6.07) is 16.3. The molecule has 1 heterocycles. The van der Waals surface area contributed by atoms with Gasteiger partial charge in [0.15, 0.2) is 0 Å². The number of amides is 1. The van der Waals surface area contributed by atoms with Crippen molar-refractivity contribution in [1.29, 1.82) is 0 Å². The molecule has 4 nitrogen and oxygen atoms in total. The van der Waals surface area contributed by atoms with Gasteiger partial charge in [-0.3, -0.25) is 4.79 Å². The van der Waals surface area contributed by atoms with Crippen molar-refractivity contribution in [2.45, 2.75) is 12.8 Å². The zero-order chi connectivity index (χ0) is 18.4. The Morgan fingerprint density at radius 2 is 1.81 bits per heavy atom. The summed E-state index contributed by atoms with van der Waals surface area (Å²) < 4.78 is 0.922. The fourth-order valence-electron chi connectivity index (χ4n) is 3.16. The lowest BCUT2D eigenvalue weighted by atomic mass is 10.1. The van der Waals surface area contributed by atoms with Gasteiger partial charge < -0.3 is 15.1 Å². The predicted molar refractivity (Wildman–Crippen MR) is 111 cm³/mol. The molecule has 138 valence electrons. The second-order valence-electron chi connectivity index (χ2n) is 6.83. The third kappa shape index (κ3) is 5.32. The normalized spacial score (nSPS) is 15.1. The van der Waals surface area contributed by atoms with Crippen LogP contribution in [0, 0.1) is 0 Å². The molecular weight excluding hydrogens is 390 g/mol. The predicted octanol–water partition coefficient (Wildman–Crippen LogP) is 3.56. The summed E-state index contributed by atoms with van der Waals surface area (Å²) in [7, 11) is 2.18. The average Bonchev–Trinajstić information content (AvgIpc) is 2.66. The van der Waals surface area contributed by atoms with Crippen LogP contribution in [0.15, 0.2) is 53.0 Å². The van der Waals surface area contributed by atoms with Crippen LogP contribution in [0.1, 0.15) is 22.3 Å². The SMILES string of the molecule is CN1CCN(c2ccc(CCCNC(=O)c3cccc(Br)c3)cc2)CC1. The topological polar surface area (TPSA) is 35.6 Å². The molecule has 0 aromatic heterocycles. The molecule has 1 saturated heterocycles. The zero-order valence-electron chi connectivity index (χ0n) is 15.2. The van der Waals surface area contributed by atoms with Crippen molar-refractivity contribution < 1.29 is 4.79 Å². The number of anilines is 1. The van der Waals surface area contributed by atoms with Crippen molar-refractivity contribution in [2.24, 2.45) is 0 Å². The molecule has 2 aromatic carbocycles. The van der Waals surface area contributed by atoms with Crippen molar-refractivity contribution in [3.05, 3.63) is 64.1 Å². The first kappa shape index (κ1) is 18.9. The van der Waals surface area contributed by atoms with Gasteiger partial charge in [0, 0.05) is 48.4 Å². The molecule has 5 heteroatoms. The lowest BCUT2D eigenvalue weighted by Crippen LogP contribution is -2.44. The third-order valence-electron chi connectivity index (χ3n) is 4.82. The number of hydrogen-bond acceptors (Lipinski definition) is 3. The number of halogens is 1. The van der Waals surface area contributed by atoms with Crippen LogP contribution in [0.2, 0.25) is 0 Å². The van der Waals surface area contributed by atoms with Gasteiger partial charge in [0.1, 0.15) is 0 Å². The van der Waals surface area contributed by atoms with Gasteiger partial charge in [-0.05, 0) is 55.8 Å². The van der Waals surface area contributed by atoms with Crippen LogP contribution in [0.25, 0.3) is 0 Å². The highest BCUT2D eigenvalue weighted by atomic mass is 79.9. The molecule has 0 radical (unpaired) electrons. The molecular formula is C21H26BrN3O. The quantitative estimate of drug-likeness (QED) is 0.732. The van der Waals surface area contributed by atoms with E-state index in [2.05, 4.69) is 62.4 Å². The van der Waals surface area contributed by atoms with E-state index in [4.69, 9.17) is 0 Å². The molecule has 1 N–H and O–H groups in total. The average molecular weight is 416 g/mol. The van der Waals surface area contributed by atoms with E-state index < -0.39 is 0 Å². The number of likely N-dealkylation sites (N-methyl/N-ethyl adjacent to an activating group) is 1. The van der Waals surface area contributed by atoms with Crippen molar-refractivity contribution in [1.82, 2.24) is 10.2 Å². The minimum absolute atomic E-state index is 0.0169. The van der Waals surface area contributed by atoms with Crippen LogP contribution in [-0.2, 0) is 6.42 Å². The molecule has 0 bridgehead atoms. The Kier molecular flexibility index (Phi) is 6.69. The number of rotatable bonds is 6. The van der Waals surface area contributed by atoms with E-state index in [0.29, 0.717) is 12.1 Å². The van der Waals surface area contributed by atoms with Gasteiger partial charge >= 0.3 is 0 Å². The highest BCUT2D eigenvalue weighted by molar-refractivity contribution is 9.10. The second kappa shape index (κ2) is 9.19. The van der Waals surface area contributed by atoms with Gasteiger partial charge in [0.05, 0.1) is 0 Å². The number of benzene rings is 2. The molecule has 0 saturated carbocycles. The Hall–Kier alpha value is -1.85. The molecule has 1 aliphatic rings. The first-order valence-corrected chi connectivity index (χ1v) is 9.97. The van der Waals surface area contributed by atoms with Crippen LogP contribution in [0.3, 0.4) is 0 Å². The number of piperazine rings is 1. The number of hydrogen-bond donors (Lipinski definition) is 1. The Bertz CT molecular complexity index is 724. The largest absolute Gasteiger partial charge is 0.369 e. The van der Waals surface area contributed by atoms with Gasteiger partial charge in [-0.2, -0.15) is 0 Å². The molecule has 1 aliphatic heterocycles. The van der Waals surface area contributed by atoms with Crippen LogP contribution in [-0.4, -0.2) is 50.6 Å². The summed E-state index contributed by atoms with van der Waals surface area (Å²) in [5.74, 6) is -0.0169. The molecule has 0 unspecified atom stereocenters. The van der Waals surface area contributed by atoms with E-state index in [1.54, 1.807) is 0 Å². The van der Waals surface area contributed by atoms with E-state index in [-0.39, 0.29) is 5.91 Å². The molecule has 0 spiro atoms. The van der Waals surface area contributed by atoms with Crippen LogP contribution in [0.5, 0.6) is 0 Å². The maximum absolute atomic E-state index is 12.1. The van der Waals surface area contributed by atoms with Crippen LogP contribution < -0.4 is 10.2 Å². The number of carbonyl (C=O) groups is 1. The molecule has 26 heavy (non-hydrogen) atoms. The number of nitrogens with one attached hydrogen (secondary N) is 1. The summed E-state index contributed by atoms with van der Waals surface area (Å²) in [6.07, 6.45) is 1.91. The minimum Gasteiger partial charge on any atom is -0.369 e. The van der Waals surface area contributed by atoms with Gasteiger partial charge in [-0.25, -0.2) is 0 Å². The second-order valence-corrected chi connectivity index (χ2v) is 7.74. The van der Waals surface area contributed by atoms with Crippen molar-refractivity contribution in [2.75, 3.05) is 44.7 Å². The maximum atomic E-state index is 12.1. The summed E-state index contributed by atoms with van der Waals surface area (Å²) in [6.45, 7) is 5.12. The Morgan fingerprint density at radius 1 is 1.08 bits per heavy atom. The molecule has 1 amide bonds. The Morgan fingerprint density at radius 3 is 2.50 bits per heavy atom. The first-order valence-electron chi connectivity index (χ1n) is 9.18. The Balaban J connectivity index is 1.41. The van der Waals surface area contributed by atoms with E-state index in [0.717, 1.165) is 43.5 Å². The lowest BCUT2D eigenvalue weighted by Gasteiger charge is -2.34. The van der Waals surface area contributed by atoms with Gasteiger partial charge in [0.25, 0.3) is 5.91 Å². The summed E-state index contributed by atoms with van der Waals surface area (Å²) >= 11 is 3.39. The maximum Gasteiger partial charge on any atom is 0.251 e. The number of carbonyl (C=O) groups excluding carboxylic acids is 1. The van der Waals surface area contributed by atoms with Gasteiger partial charge in [-0.15, -0.1) is 0 Å². The smallest absolute Gasteiger partial charge is 0.251 e. The fourth-order valence-corrected chi connectivity index (χ4v) is 3.56. The summed E-state index contributed by atoms with van der Waals surface area (Å²) in [5, 5.41) is 2.99. The fraction of sp³-hybridized carbons (Fsp3) is 0.381. The van der Waals surface area contributed by atoms with E-state index >= 15 is 0 Å². The van der Waals surface area contributed by atoms with E-state index in [1.807, 2.05) is 24.3 Å². The third-order valence-corrected chi connectivity index (χ3v) is 5.31. The van der Waals surface area contributed by atoms with Gasteiger partial charge in [-0.1, -0.05) is 34.1 Å². The monoisotopic (exact) mass is 415 g/mol. The summed E-state index contributed by atoms with van der Waals surface area (Å²) in [4.78, 5) is 16.9. The molecule has 0 atom stereocenters. The highest BCUT2D eigenvalue weighted by Gasteiger charge is 2.13. The van der Waals surface area contributed by atoms with Crippen LogP contribution in [0.4, 0.5) is 5.69 Å². The van der Waals surface area contributed by atoms with E-state index in [9.17, 15) is 4.79 Å². The summed E-state index contributed by atoms with van der Waals surface area (Å²) in [5.41, 5.74) is 3.32. The van der Waals surface area contributed by atoms with Crippen molar-refractivity contribution in [3.8, 4) is 0 Å². The molecule has 1 fully saturated rings. The number of nitrogens with zero attached hydrogens (tertiary/aromatic N) is 2.